The fourth-order valence-corrected chi connectivity index (χ4v) is 1.80. The normalized spacial score (nSPS) is 12.5. The van der Waals surface area contributed by atoms with Crippen LogP contribution in [0.2, 0.25) is 0 Å². The van der Waals surface area contributed by atoms with Gasteiger partial charge in [-0.3, -0.25) is 0 Å². The van der Waals surface area contributed by atoms with E-state index in [4.69, 9.17) is 10.5 Å². The van der Waals surface area contributed by atoms with Crippen molar-refractivity contribution in [3.05, 3.63) is 29.8 Å². The van der Waals surface area contributed by atoms with E-state index in [9.17, 15) is 0 Å². The van der Waals surface area contributed by atoms with Crippen LogP contribution in [0.3, 0.4) is 0 Å². The van der Waals surface area contributed by atoms with Gasteiger partial charge in [0.25, 0.3) is 0 Å². The summed E-state index contributed by atoms with van der Waals surface area (Å²) in [5.74, 6) is 0. The second-order valence-electron chi connectivity index (χ2n) is 4.44. The lowest BCUT2D eigenvalue weighted by Gasteiger charge is -2.23. The van der Waals surface area contributed by atoms with Crippen LogP contribution in [0.25, 0.3) is 0 Å². The molecular formula is C14H24N2O. The Morgan fingerprint density at radius 3 is 2.47 bits per heavy atom. The summed E-state index contributed by atoms with van der Waals surface area (Å²) in [5.41, 5.74) is 8.62. The molecule has 0 radical (unpaired) electrons. The first kappa shape index (κ1) is 14.0. The number of likely N-dealkylation sites (N-methyl/N-ethyl adjacent to an activating group) is 1. The molecule has 3 heteroatoms. The fraction of sp³-hybridized carbons (Fsp3) is 0.571. The Kier molecular flexibility index (Phi) is 6.01. The van der Waals surface area contributed by atoms with E-state index in [0.717, 1.165) is 26.0 Å². The van der Waals surface area contributed by atoms with Gasteiger partial charge in [0.05, 0.1) is 0 Å². The molecule has 0 aliphatic rings. The first-order valence-electron chi connectivity index (χ1n) is 6.22. The fourth-order valence-electron chi connectivity index (χ4n) is 1.80. The molecule has 0 heterocycles. The maximum Gasteiger partial charge on any atom is 0.0477 e. The molecule has 1 atom stereocenters. The number of methoxy groups -OCH3 is 1. The van der Waals surface area contributed by atoms with Gasteiger partial charge in [-0.25, -0.2) is 0 Å². The molecule has 0 spiro atoms. The quantitative estimate of drug-likeness (QED) is 0.787. The van der Waals surface area contributed by atoms with Gasteiger partial charge in [0.2, 0.25) is 0 Å². The SMILES string of the molecule is CCc1ccc(N(C)CC(N)CCOC)cc1. The number of ether oxygens (including phenoxy) is 1. The van der Waals surface area contributed by atoms with Crippen molar-refractivity contribution in [2.24, 2.45) is 5.73 Å². The van der Waals surface area contributed by atoms with Gasteiger partial charge in [0.1, 0.15) is 0 Å². The number of nitrogens with zero attached hydrogens (tertiary/aromatic N) is 1. The lowest BCUT2D eigenvalue weighted by molar-refractivity contribution is 0.188. The third kappa shape index (κ3) is 4.75. The van der Waals surface area contributed by atoms with E-state index in [2.05, 4.69) is 43.1 Å². The molecule has 0 saturated carbocycles. The smallest absolute Gasteiger partial charge is 0.0477 e. The zero-order valence-electron chi connectivity index (χ0n) is 11.1. The number of rotatable bonds is 7. The number of hydrogen-bond donors (Lipinski definition) is 1. The minimum atomic E-state index is 0.158. The summed E-state index contributed by atoms with van der Waals surface area (Å²) in [6.45, 7) is 3.75. The molecule has 1 aromatic carbocycles. The number of hydrogen-bond acceptors (Lipinski definition) is 3. The van der Waals surface area contributed by atoms with E-state index in [1.807, 2.05) is 0 Å². The van der Waals surface area contributed by atoms with Crippen LogP contribution >= 0.6 is 0 Å². The summed E-state index contributed by atoms with van der Waals surface area (Å²) in [7, 11) is 3.79. The van der Waals surface area contributed by atoms with Crippen LogP contribution in [0.5, 0.6) is 0 Å². The van der Waals surface area contributed by atoms with E-state index in [0.29, 0.717) is 0 Å². The summed E-state index contributed by atoms with van der Waals surface area (Å²) < 4.78 is 5.03. The Morgan fingerprint density at radius 1 is 1.29 bits per heavy atom. The van der Waals surface area contributed by atoms with E-state index < -0.39 is 0 Å². The van der Waals surface area contributed by atoms with E-state index in [1.54, 1.807) is 7.11 Å². The average molecular weight is 236 g/mol. The molecule has 3 nitrogen and oxygen atoms in total. The third-order valence-corrected chi connectivity index (χ3v) is 2.99. The van der Waals surface area contributed by atoms with Gasteiger partial charge in [0.15, 0.2) is 0 Å². The van der Waals surface area contributed by atoms with Crippen LogP contribution in [-0.4, -0.2) is 33.4 Å². The van der Waals surface area contributed by atoms with Crippen molar-refractivity contribution < 1.29 is 4.74 Å². The summed E-state index contributed by atoms with van der Waals surface area (Å²) in [5, 5.41) is 0. The highest BCUT2D eigenvalue weighted by atomic mass is 16.5. The van der Waals surface area contributed by atoms with E-state index >= 15 is 0 Å². The first-order chi connectivity index (χ1) is 8.17. The van der Waals surface area contributed by atoms with Crippen LogP contribution < -0.4 is 10.6 Å². The average Bonchev–Trinajstić information content (AvgIpc) is 2.36. The van der Waals surface area contributed by atoms with Gasteiger partial charge in [-0.1, -0.05) is 19.1 Å². The molecule has 0 bridgehead atoms. The highest BCUT2D eigenvalue weighted by molar-refractivity contribution is 5.47. The van der Waals surface area contributed by atoms with Crippen molar-refractivity contribution in [1.82, 2.24) is 0 Å². The molecule has 0 fully saturated rings. The third-order valence-electron chi connectivity index (χ3n) is 2.99. The Balaban J connectivity index is 2.47. The van der Waals surface area contributed by atoms with Crippen molar-refractivity contribution >= 4 is 5.69 Å². The van der Waals surface area contributed by atoms with Crippen LogP contribution in [0.4, 0.5) is 5.69 Å². The molecule has 0 aromatic heterocycles. The second-order valence-corrected chi connectivity index (χ2v) is 4.44. The molecule has 17 heavy (non-hydrogen) atoms. The van der Waals surface area contributed by atoms with Gasteiger partial charge >= 0.3 is 0 Å². The standard InChI is InChI=1S/C14H24N2O/c1-4-12-5-7-14(8-6-12)16(2)11-13(15)9-10-17-3/h5-8,13H,4,9-11,15H2,1-3H3. The van der Waals surface area contributed by atoms with Crippen LogP contribution in [0.1, 0.15) is 18.9 Å². The maximum atomic E-state index is 6.03. The topological polar surface area (TPSA) is 38.5 Å². The Morgan fingerprint density at radius 2 is 1.94 bits per heavy atom. The summed E-state index contributed by atoms with van der Waals surface area (Å²) in [6, 6.07) is 8.81. The first-order valence-corrected chi connectivity index (χ1v) is 6.22. The van der Waals surface area contributed by atoms with Gasteiger partial charge < -0.3 is 15.4 Å². The van der Waals surface area contributed by atoms with Crippen molar-refractivity contribution in [2.45, 2.75) is 25.8 Å². The van der Waals surface area contributed by atoms with Gasteiger partial charge in [0, 0.05) is 39.0 Å². The van der Waals surface area contributed by atoms with Crippen LogP contribution in [0.15, 0.2) is 24.3 Å². The molecule has 0 aliphatic heterocycles. The number of nitrogens with two attached hydrogens (primary N) is 1. The van der Waals surface area contributed by atoms with E-state index in [-0.39, 0.29) is 6.04 Å². The van der Waals surface area contributed by atoms with Crippen LogP contribution in [0, 0.1) is 0 Å². The van der Waals surface area contributed by atoms with Gasteiger partial charge in [-0.15, -0.1) is 0 Å². The molecule has 1 rings (SSSR count). The molecular weight excluding hydrogens is 212 g/mol. The zero-order chi connectivity index (χ0) is 12.7. The predicted molar refractivity (Wildman–Crippen MR) is 73.6 cm³/mol. The highest BCUT2D eigenvalue weighted by Gasteiger charge is 2.07. The molecule has 0 aliphatic carbocycles. The van der Waals surface area contributed by atoms with Crippen molar-refractivity contribution in [1.29, 1.82) is 0 Å². The van der Waals surface area contributed by atoms with E-state index in [1.165, 1.54) is 11.3 Å². The molecule has 1 aromatic rings. The summed E-state index contributed by atoms with van der Waals surface area (Å²) in [4.78, 5) is 2.19. The van der Waals surface area contributed by atoms with Gasteiger partial charge in [-0.05, 0) is 30.5 Å². The molecule has 0 saturated heterocycles. The predicted octanol–water partition coefficient (Wildman–Crippen LogP) is 2.05. The summed E-state index contributed by atoms with van der Waals surface area (Å²) in [6.07, 6.45) is 1.98. The lowest BCUT2D eigenvalue weighted by Crippen LogP contribution is -2.36. The lowest BCUT2D eigenvalue weighted by atomic mass is 10.1. The van der Waals surface area contributed by atoms with Gasteiger partial charge in [-0.2, -0.15) is 0 Å². The molecule has 2 N–H and O–H groups in total. The van der Waals surface area contributed by atoms with Crippen molar-refractivity contribution in [2.75, 3.05) is 32.2 Å². The Bertz CT molecular complexity index is 311. The highest BCUT2D eigenvalue weighted by Crippen LogP contribution is 2.14. The van der Waals surface area contributed by atoms with Crippen molar-refractivity contribution in [3.63, 3.8) is 0 Å². The Hall–Kier alpha value is -1.06. The molecule has 96 valence electrons. The number of anilines is 1. The largest absolute Gasteiger partial charge is 0.385 e. The maximum absolute atomic E-state index is 6.03. The monoisotopic (exact) mass is 236 g/mol. The minimum absolute atomic E-state index is 0.158. The molecule has 0 amide bonds. The minimum Gasteiger partial charge on any atom is -0.385 e. The number of aryl methyl sites for hydroxylation is 1. The number of benzene rings is 1. The summed E-state index contributed by atoms with van der Waals surface area (Å²) >= 11 is 0. The Labute approximate surface area is 105 Å². The zero-order valence-corrected chi connectivity index (χ0v) is 11.1. The van der Waals surface area contributed by atoms with Crippen molar-refractivity contribution in [3.8, 4) is 0 Å². The molecule has 1 unspecified atom stereocenters. The second kappa shape index (κ2) is 7.30. The van der Waals surface area contributed by atoms with Crippen LogP contribution in [-0.2, 0) is 11.2 Å².